The molecule has 9 heteroatoms. The van der Waals surface area contributed by atoms with Crippen LogP contribution in [0, 0.1) is 22.7 Å². The summed E-state index contributed by atoms with van der Waals surface area (Å²) < 4.78 is 1.62. The van der Waals surface area contributed by atoms with E-state index < -0.39 is 11.5 Å². The van der Waals surface area contributed by atoms with E-state index in [4.69, 9.17) is 5.41 Å². The van der Waals surface area contributed by atoms with Gasteiger partial charge in [-0.1, -0.05) is 17.3 Å². The SMILES string of the molecule is CN1C(=N)N[C@](C)(c2cc(-c3cccc(C#N)c3)cs2)C(Cc2cn(C)nn2)C1=O. The summed E-state index contributed by atoms with van der Waals surface area (Å²) in [6.45, 7) is 1.95. The monoisotopic (exact) mass is 419 g/mol. The highest BCUT2D eigenvalue weighted by molar-refractivity contribution is 7.10. The van der Waals surface area contributed by atoms with Gasteiger partial charge >= 0.3 is 0 Å². The van der Waals surface area contributed by atoms with E-state index in [1.807, 2.05) is 36.6 Å². The summed E-state index contributed by atoms with van der Waals surface area (Å²) in [4.78, 5) is 15.4. The highest BCUT2D eigenvalue weighted by Crippen LogP contribution is 2.40. The molecule has 0 saturated carbocycles. The largest absolute Gasteiger partial charge is 0.345 e. The van der Waals surface area contributed by atoms with Crippen molar-refractivity contribution in [3.63, 3.8) is 0 Å². The molecule has 2 atom stereocenters. The van der Waals surface area contributed by atoms with Crippen LogP contribution >= 0.6 is 11.3 Å². The Hall–Kier alpha value is -3.51. The van der Waals surface area contributed by atoms with Crippen molar-refractivity contribution in [3.8, 4) is 17.2 Å². The lowest BCUT2D eigenvalue weighted by Gasteiger charge is -2.44. The number of amides is 1. The fourth-order valence-electron chi connectivity index (χ4n) is 3.76. The van der Waals surface area contributed by atoms with Crippen LogP contribution in [0.2, 0.25) is 0 Å². The van der Waals surface area contributed by atoms with Gasteiger partial charge in [-0.25, -0.2) is 0 Å². The summed E-state index contributed by atoms with van der Waals surface area (Å²) in [6.07, 6.45) is 2.21. The maximum absolute atomic E-state index is 13.2. The molecule has 3 heterocycles. The molecule has 4 rings (SSSR count). The molecular weight excluding hydrogens is 398 g/mol. The third-order valence-corrected chi connectivity index (χ3v) is 6.71. The lowest BCUT2D eigenvalue weighted by atomic mass is 9.78. The fraction of sp³-hybridized carbons (Fsp3) is 0.286. The number of nitrogens with one attached hydrogen (secondary N) is 2. The van der Waals surface area contributed by atoms with Gasteiger partial charge < -0.3 is 5.32 Å². The van der Waals surface area contributed by atoms with Gasteiger partial charge in [0.25, 0.3) is 0 Å². The Morgan fingerprint density at radius 2 is 2.13 bits per heavy atom. The van der Waals surface area contributed by atoms with Crippen LogP contribution < -0.4 is 5.32 Å². The molecule has 0 radical (unpaired) electrons. The van der Waals surface area contributed by atoms with Crippen LogP contribution in [0.1, 0.15) is 23.1 Å². The van der Waals surface area contributed by atoms with Crippen molar-refractivity contribution < 1.29 is 4.79 Å². The number of aryl methyl sites for hydroxylation is 1. The summed E-state index contributed by atoms with van der Waals surface area (Å²) in [5.41, 5.74) is 2.48. The Balaban J connectivity index is 1.73. The van der Waals surface area contributed by atoms with E-state index in [1.54, 1.807) is 31.0 Å². The van der Waals surface area contributed by atoms with Crippen LogP contribution in [0.15, 0.2) is 41.9 Å². The van der Waals surface area contributed by atoms with Crippen LogP contribution in [0.5, 0.6) is 0 Å². The van der Waals surface area contributed by atoms with E-state index in [-0.39, 0.29) is 11.9 Å². The number of nitrogens with zero attached hydrogens (tertiary/aromatic N) is 5. The van der Waals surface area contributed by atoms with E-state index >= 15 is 0 Å². The number of hydrogen-bond acceptors (Lipinski definition) is 6. The molecule has 2 N–H and O–H groups in total. The average molecular weight is 420 g/mol. The first-order chi connectivity index (χ1) is 14.3. The molecule has 1 aliphatic rings. The van der Waals surface area contributed by atoms with Crippen molar-refractivity contribution in [2.75, 3.05) is 7.05 Å². The summed E-state index contributed by atoms with van der Waals surface area (Å²) in [5.74, 6) is -0.516. The first kappa shape index (κ1) is 19.8. The van der Waals surface area contributed by atoms with Gasteiger partial charge in [-0.05, 0) is 41.6 Å². The lowest BCUT2D eigenvalue weighted by Crippen LogP contribution is -2.64. The molecule has 0 spiro atoms. The molecule has 8 nitrogen and oxygen atoms in total. The Bertz CT molecular complexity index is 1170. The molecular formula is C21H21N7OS. The zero-order chi connectivity index (χ0) is 21.5. The van der Waals surface area contributed by atoms with E-state index in [0.717, 1.165) is 21.7 Å². The quantitative estimate of drug-likeness (QED) is 0.675. The van der Waals surface area contributed by atoms with Crippen molar-refractivity contribution in [2.24, 2.45) is 13.0 Å². The highest BCUT2D eigenvalue weighted by Gasteiger charge is 2.48. The van der Waals surface area contributed by atoms with Gasteiger partial charge in [-0.2, -0.15) is 5.26 Å². The molecule has 1 aliphatic heterocycles. The summed E-state index contributed by atoms with van der Waals surface area (Å²) in [6, 6.07) is 11.6. The molecule has 1 aromatic carbocycles. The third-order valence-electron chi connectivity index (χ3n) is 5.54. The molecule has 0 aliphatic carbocycles. The number of nitriles is 1. The van der Waals surface area contributed by atoms with Crippen LogP contribution in [-0.4, -0.2) is 38.8 Å². The predicted molar refractivity (Wildman–Crippen MR) is 114 cm³/mol. The van der Waals surface area contributed by atoms with Gasteiger partial charge in [0.05, 0.1) is 28.8 Å². The normalized spacial score (nSPS) is 21.4. The Morgan fingerprint density at radius 3 is 2.83 bits per heavy atom. The molecule has 3 aromatic rings. The van der Waals surface area contributed by atoms with Gasteiger partial charge in [0.15, 0.2) is 5.96 Å². The second-order valence-electron chi connectivity index (χ2n) is 7.61. The Morgan fingerprint density at radius 1 is 1.33 bits per heavy atom. The number of guanidine groups is 1. The molecule has 30 heavy (non-hydrogen) atoms. The zero-order valence-electron chi connectivity index (χ0n) is 16.9. The predicted octanol–water partition coefficient (Wildman–Crippen LogP) is 2.49. The minimum absolute atomic E-state index is 0.0688. The summed E-state index contributed by atoms with van der Waals surface area (Å²) >= 11 is 1.53. The number of carbonyl (C=O) groups is 1. The average Bonchev–Trinajstić information content (AvgIpc) is 3.39. The molecule has 152 valence electrons. The first-order valence-corrected chi connectivity index (χ1v) is 10.3. The molecule has 0 bridgehead atoms. The number of hydrogen-bond donors (Lipinski definition) is 2. The van der Waals surface area contributed by atoms with Crippen LogP contribution in [0.4, 0.5) is 0 Å². The third kappa shape index (κ3) is 3.35. The van der Waals surface area contributed by atoms with Crippen LogP contribution in [0.25, 0.3) is 11.1 Å². The number of carbonyl (C=O) groups excluding carboxylic acids is 1. The van der Waals surface area contributed by atoms with Crippen molar-refractivity contribution in [2.45, 2.75) is 18.9 Å². The second-order valence-corrected chi connectivity index (χ2v) is 8.52. The van der Waals surface area contributed by atoms with Gasteiger partial charge in [-0.3, -0.25) is 19.8 Å². The second kappa shape index (κ2) is 7.39. The van der Waals surface area contributed by atoms with Crippen molar-refractivity contribution in [1.29, 1.82) is 10.7 Å². The zero-order valence-corrected chi connectivity index (χ0v) is 17.7. The van der Waals surface area contributed by atoms with Crippen molar-refractivity contribution in [3.05, 3.63) is 58.0 Å². The first-order valence-electron chi connectivity index (χ1n) is 9.41. The topological polar surface area (TPSA) is 111 Å². The van der Waals surface area contributed by atoms with Gasteiger partial charge in [0, 0.05) is 31.6 Å². The van der Waals surface area contributed by atoms with E-state index in [1.165, 1.54) is 16.2 Å². The summed E-state index contributed by atoms with van der Waals surface area (Å²) in [7, 11) is 3.40. The lowest BCUT2D eigenvalue weighted by molar-refractivity contribution is -0.135. The molecule has 1 unspecified atom stereocenters. The maximum atomic E-state index is 13.2. The standard InChI is InChI=1S/C21H21N7OS/c1-21(18-8-15(12-30-18)14-6-4-5-13(7-14)10-22)17(9-16-11-27(2)26-25-16)19(29)28(3)20(23)24-21/h4-8,11-12,17H,9H2,1-3H3,(H2,23,24)/t17?,21-/m0/s1. The maximum Gasteiger partial charge on any atom is 0.235 e. The molecule has 1 amide bonds. The van der Waals surface area contributed by atoms with Crippen molar-refractivity contribution in [1.82, 2.24) is 25.2 Å². The van der Waals surface area contributed by atoms with E-state index in [9.17, 15) is 10.1 Å². The Kier molecular flexibility index (Phi) is 4.87. The van der Waals surface area contributed by atoms with Crippen LogP contribution in [0.3, 0.4) is 0 Å². The van der Waals surface area contributed by atoms with E-state index in [2.05, 4.69) is 21.7 Å². The molecule has 2 aromatic heterocycles. The summed E-state index contributed by atoms with van der Waals surface area (Å²) in [5, 5.41) is 30.8. The van der Waals surface area contributed by atoms with Crippen molar-refractivity contribution >= 4 is 23.2 Å². The van der Waals surface area contributed by atoms with Gasteiger partial charge in [-0.15, -0.1) is 16.4 Å². The Labute approximate surface area is 178 Å². The molecule has 1 fully saturated rings. The highest BCUT2D eigenvalue weighted by atomic mass is 32.1. The number of thiophene rings is 1. The van der Waals surface area contributed by atoms with Gasteiger partial charge in [0.1, 0.15) is 0 Å². The van der Waals surface area contributed by atoms with E-state index in [0.29, 0.717) is 12.0 Å². The minimum Gasteiger partial charge on any atom is -0.345 e. The fourth-order valence-corrected chi connectivity index (χ4v) is 4.85. The number of aromatic nitrogens is 3. The minimum atomic E-state index is -0.770. The van der Waals surface area contributed by atoms with Crippen LogP contribution in [-0.2, 0) is 23.8 Å². The number of rotatable bonds is 4. The number of benzene rings is 1. The molecule has 1 saturated heterocycles. The smallest absolute Gasteiger partial charge is 0.235 e. The van der Waals surface area contributed by atoms with Gasteiger partial charge in [0.2, 0.25) is 5.91 Å².